The fourth-order valence-electron chi connectivity index (χ4n) is 4.16. The van der Waals surface area contributed by atoms with Crippen molar-refractivity contribution in [3.8, 4) is 0 Å². The van der Waals surface area contributed by atoms with Crippen LogP contribution in [0.3, 0.4) is 0 Å². The van der Waals surface area contributed by atoms with E-state index in [4.69, 9.17) is 9.16 Å². The van der Waals surface area contributed by atoms with Crippen molar-refractivity contribution in [2.75, 3.05) is 0 Å². The van der Waals surface area contributed by atoms with Gasteiger partial charge in [-0.3, -0.25) is 0 Å². The van der Waals surface area contributed by atoms with E-state index in [2.05, 4.69) is 64.2 Å². The summed E-state index contributed by atoms with van der Waals surface area (Å²) in [4.78, 5) is 0. The molecule has 0 saturated heterocycles. The molecule has 2 fully saturated rings. The summed E-state index contributed by atoms with van der Waals surface area (Å²) < 4.78 is 13.0. The van der Waals surface area contributed by atoms with Crippen LogP contribution < -0.4 is 0 Å². The fraction of sp³-hybridized carbons (Fsp3) is 0.714. The predicted molar refractivity (Wildman–Crippen MR) is 103 cm³/mol. The summed E-state index contributed by atoms with van der Waals surface area (Å²) in [6.07, 6.45) is 5.90. The van der Waals surface area contributed by atoms with Gasteiger partial charge in [-0.1, -0.05) is 51.1 Å². The highest BCUT2D eigenvalue weighted by Crippen LogP contribution is 2.48. The van der Waals surface area contributed by atoms with Crippen LogP contribution in [0.25, 0.3) is 0 Å². The van der Waals surface area contributed by atoms with E-state index in [0.717, 1.165) is 12.5 Å². The smallest absolute Gasteiger partial charge is 0.192 e. The molecule has 134 valence electrons. The van der Waals surface area contributed by atoms with Crippen LogP contribution in [0.5, 0.6) is 0 Å². The van der Waals surface area contributed by atoms with E-state index in [0.29, 0.717) is 23.2 Å². The van der Waals surface area contributed by atoms with Gasteiger partial charge in [-0.25, -0.2) is 0 Å². The average Bonchev–Trinajstić information content (AvgIpc) is 3.05. The Kier molecular flexibility index (Phi) is 5.24. The molecular formula is C21H34O2Si. The minimum Gasteiger partial charge on any atom is -0.414 e. The normalized spacial score (nSPS) is 30.5. The molecule has 1 aromatic rings. The summed E-state index contributed by atoms with van der Waals surface area (Å²) in [5.41, 5.74) is 1.29. The number of benzene rings is 1. The Balaban J connectivity index is 1.54. The molecule has 3 heteroatoms. The van der Waals surface area contributed by atoms with Gasteiger partial charge in [0.1, 0.15) is 0 Å². The molecular weight excluding hydrogens is 312 g/mol. The number of ether oxygens (including phenoxy) is 1. The predicted octanol–water partition coefficient (Wildman–Crippen LogP) is 5.78. The highest BCUT2D eigenvalue weighted by atomic mass is 28.4. The zero-order chi connectivity index (χ0) is 17.4. The zero-order valence-electron chi connectivity index (χ0n) is 16.0. The lowest BCUT2D eigenvalue weighted by molar-refractivity contribution is 0.00911. The van der Waals surface area contributed by atoms with E-state index in [1.165, 1.54) is 31.2 Å². The largest absolute Gasteiger partial charge is 0.414 e. The lowest BCUT2D eigenvalue weighted by Crippen LogP contribution is -2.43. The van der Waals surface area contributed by atoms with Gasteiger partial charge in [0.25, 0.3) is 0 Å². The third-order valence-electron chi connectivity index (χ3n) is 6.58. The van der Waals surface area contributed by atoms with Gasteiger partial charge < -0.3 is 9.16 Å². The number of fused-ring (bicyclic) bond motifs is 1. The maximum Gasteiger partial charge on any atom is 0.192 e. The van der Waals surface area contributed by atoms with Gasteiger partial charge in [-0.05, 0) is 61.2 Å². The molecule has 0 bridgehead atoms. The third-order valence-corrected chi connectivity index (χ3v) is 11.1. The molecule has 4 atom stereocenters. The molecule has 0 aromatic heterocycles. The summed E-state index contributed by atoms with van der Waals surface area (Å²) in [5.74, 6) is 1.53. The lowest BCUT2D eigenvalue weighted by Gasteiger charge is -2.38. The Hall–Kier alpha value is -0.643. The molecule has 0 aliphatic heterocycles. The summed E-state index contributed by atoms with van der Waals surface area (Å²) in [7, 11) is -1.65. The first-order valence-electron chi connectivity index (χ1n) is 9.59. The van der Waals surface area contributed by atoms with E-state index in [1.54, 1.807) is 0 Å². The first kappa shape index (κ1) is 18.2. The quantitative estimate of drug-likeness (QED) is 0.629. The Morgan fingerprint density at radius 1 is 1.04 bits per heavy atom. The second kappa shape index (κ2) is 6.93. The van der Waals surface area contributed by atoms with Gasteiger partial charge >= 0.3 is 0 Å². The molecule has 3 rings (SSSR count). The second-order valence-corrected chi connectivity index (χ2v) is 14.1. The Morgan fingerprint density at radius 3 is 2.42 bits per heavy atom. The van der Waals surface area contributed by atoms with Crippen LogP contribution in [0.2, 0.25) is 18.1 Å². The summed E-state index contributed by atoms with van der Waals surface area (Å²) in [6, 6.07) is 10.6. The molecule has 0 N–H and O–H groups in total. The van der Waals surface area contributed by atoms with Crippen LogP contribution in [0.1, 0.15) is 52.0 Å². The zero-order valence-corrected chi connectivity index (χ0v) is 17.0. The van der Waals surface area contributed by atoms with Crippen LogP contribution in [0.4, 0.5) is 0 Å². The maximum atomic E-state index is 6.69. The van der Waals surface area contributed by atoms with E-state index in [1.807, 2.05) is 0 Å². The van der Waals surface area contributed by atoms with Crippen LogP contribution in [0, 0.1) is 11.8 Å². The van der Waals surface area contributed by atoms with Crippen LogP contribution >= 0.6 is 0 Å². The van der Waals surface area contributed by atoms with E-state index < -0.39 is 8.32 Å². The first-order valence-corrected chi connectivity index (χ1v) is 12.5. The Morgan fingerprint density at radius 2 is 1.75 bits per heavy atom. The maximum absolute atomic E-state index is 6.69. The van der Waals surface area contributed by atoms with E-state index in [-0.39, 0.29) is 0 Å². The lowest BCUT2D eigenvalue weighted by atomic mass is 9.99. The van der Waals surface area contributed by atoms with Gasteiger partial charge in [0.15, 0.2) is 8.32 Å². The first-order chi connectivity index (χ1) is 11.3. The van der Waals surface area contributed by atoms with Crippen molar-refractivity contribution in [3.05, 3.63) is 35.9 Å². The molecule has 24 heavy (non-hydrogen) atoms. The van der Waals surface area contributed by atoms with Crippen LogP contribution in [-0.4, -0.2) is 20.5 Å². The van der Waals surface area contributed by atoms with Crippen molar-refractivity contribution in [3.63, 3.8) is 0 Å². The van der Waals surface area contributed by atoms with Crippen molar-refractivity contribution in [1.82, 2.24) is 0 Å². The van der Waals surface area contributed by atoms with Crippen LogP contribution in [0.15, 0.2) is 30.3 Å². The molecule has 0 radical (unpaired) electrons. The summed E-state index contributed by atoms with van der Waals surface area (Å²) in [5, 5.41) is 0.300. The van der Waals surface area contributed by atoms with Crippen molar-refractivity contribution >= 4 is 8.32 Å². The van der Waals surface area contributed by atoms with Gasteiger partial charge in [-0.15, -0.1) is 0 Å². The third kappa shape index (κ3) is 3.95. The number of hydrogen-bond donors (Lipinski definition) is 0. The Bertz CT molecular complexity index is 535. The minimum absolute atomic E-state index is 0.300. The van der Waals surface area contributed by atoms with Crippen molar-refractivity contribution in [1.29, 1.82) is 0 Å². The van der Waals surface area contributed by atoms with Gasteiger partial charge in [-0.2, -0.15) is 0 Å². The Labute approximate surface area is 149 Å². The van der Waals surface area contributed by atoms with Crippen LogP contribution in [-0.2, 0) is 15.8 Å². The monoisotopic (exact) mass is 346 g/mol. The summed E-state index contributed by atoms with van der Waals surface area (Å²) >= 11 is 0. The minimum atomic E-state index is -1.65. The molecule has 2 aliphatic carbocycles. The average molecular weight is 347 g/mol. The second-order valence-electron chi connectivity index (χ2n) is 9.31. The number of rotatable bonds is 5. The molecule has 0 amide bonds. The molecule has 2 aliphatic rings. The molecule has 1 aromatic carbocycles. The van der Waals surface area contributed by atoms with Gasteiger partial charge in [0.2, 0.25) is 0 Å². The van der Waals surface area contributed by atoms with Crippen molar-refractivity contribution < 1.29 is 9.16 Å². The van der Waals surface area contributed by atoms with Gasteiger partial charge in [0, 0.05) is 6.10 Å². The topological polar surface area (TPSA) is 18.5 Å². The highest BCUT2D eigenvalue weighted by molar-refractivity contribution is 6.74. The van der Waals surface area contributed by atoms with E-state index in [9.17, 15) is 0 Å². The molecule has 0 heterocycles. The standard InChI is InChI=1S/C21H34O2Si/c1-21(2,3)24(4,5)23-18-13-17-11-12-20(19(17)14-18)22-15-16-9-7-6-8-10-16/h6-10,17-20H,11-15H2,1-5H3/t17-,18+,19+,20-/m1/s1. The van der Waals surface area contributed by atoms with Crippen molar-refractivity contribution in [2.45, 2.75) is 83.4 Å². The fourth-order valence-corrected chi connectivity index (χ4v) is 5.54. The SMILES string of the molecule is CC(C)(C)[Si](C)(C)O[C@H]1C[C@H]2CC[C@@H](OCc3ccccc3)[C@H]2C1. The van der Waals surface area contributed by atoms with Crippen molar-refractivity contribution in [2.24, 2.45) is 11.8 Å². The molecule has 2 saturated carbocycles. The highest BCUT2D eigenvalue weighted by Gasteiger charge is 2.47. The van der Waals surface area contributed by atoms with Gasteiger partial charge in [0.05, 0.1) is 12.7 Å². The number of hydrogen-bond acceptors (Lipinski definition) is 2. The summed E-state index contributed by atoms with van der Waals surface area (Å²) in [6.45, 7) is 12.5. The molecule has 2 nitrogen and oxygen atoms in total. The molecule has 0 unspecified atom stereocenters. The molecule has 0 spiro atoms. The van der Waals surface area contributed by atoms with E-state index >= 15 is 0 Å².